The van der Waals surface area contributed by atoms with Crippen molar-refractivity contribution in [3.8, 4) is 0 Å². The summed E-state index contributed by atoms with van der Waals surface area (Å²) in [7, 11) is 0. The van der Waals surface area contributed by atoms with Crippen LogP contribution in [-0.4, -0.2) is 25.0 Å². The summed E-state index contributed by atoms with van der Waals surface area (Å²) in [4.78, 5) is 22.2. The van der Waals surface area contributed by atoms with E-state index in [1.165, 1.54) is 6.08 Å². The van der Waals surface area contributed by atoms with Gasteiger partial charge in [0.05, 0.1) is 12.0 Å². The summed E-state index contributed by atoms with van der Waals surface area (Å²) in [5.74, 6) is -0.501. The lowest BCUT2D eigenvalue weighted by Crippen LogP contribution is -2.30. The molecule has 0 bridgehead atoms. The van der Waals surface area contributed by atoms with Gasteiger partial charge in [-0.05, 0) is 26.3 Å². The van der Waals surface area contributed by atoms with Gasteiger partial charge < -0.3 is 10.1 Å². The fourth-order valence-electron chi connectivity index (χ4n) is 0.730. The van der Waals surface area contributed by atoms with E-state index < -0.39 is 5.41 Å². The quantitative estimate of drug-likeness (QED) is 0.410. The van der Waals surface area contributed by atoms with Gasteiger partial charge in [0, 0.05) is 0 Å². The molecule has 0 rings (SSSR count). The maximum atomic E-state index is 11.5. The van der Waals surface area contributed by atoms with Crippen LogP contribution < -0.4 is 5.32 Å². The third-order valence-electron chi connectivity index (χ3n) is 2.26. The number of hydrogen-bond acceptors (Lipinski definition) is 3. The Balaban J connectivity index is 3.73. The van der Waals surface area contributed by atoms with Crippen molar-refractivity contribution in [2.24, 2.45) is 5.41 Å². The fraction of sp³-hybridized carbons (Fsp3) is 0.636. The molecule has 0 aromatic carbocycles. The first kappa shape index (κ1) is 13.7. The van der Waals surface area contributed by atoms with E-state index in [9.17, 15) is 9.59 Å². The normalized spacial score (nSPS) is 10.6. The van der Waals surface area contributed by atoms with Crippen LogP contribution in [0.15, 0.2) is 12.7 Å². The molecule has 0 saturated heterocycles. The van der Waals surface area contributed by atoms with Gasteiger partial charge in [0.15, 0.2) is 0 Å². The Kier molecular flexibility index (Phi) is 5.67. The Morgan fingerprint density at radius 2 is 2.07 bits per heavy atom. The summed E-state index contributed by atoms with van der Waals surface area (Å²) in [6.07, 6.45) is 1.91. The number of carbonyl (C=O) groups is 2. The molecule has 0 aliphatic rings. The second-order valence-corrected chi connectivity index (χ2v) is 3.87. The number of carbonyl (C=O) groups excluding carboxylic acids is 2. The molecule has 0 fully saturated rings. The number of rotatable bonds is 6. The molecule has 0 aromatic heterocycles. The summed E-state index contributed by atoms with van der Waals surface area (Å²) < 4.78 is 5.00. The summed E-state index contributed by atoms with van der Waals surface area (Å²) in [6, 6.07) is 0. The van der Waals surface area contributed by atoms with E-state index in [0.717, 1.165) is 6.42 Å². The maximum Gasteiger partial charge on any atom is 0.311 e. The first-order valence-electron chi connectivity index (χ1n) is 5.01. The summed E-state index contributed by atoms with van der Waals surface area (Å²) in [6.45, 7) is 9.41. The summed E-state index contributed by atoms with van der Waals surface area (Å²) in [5.41, 5.74) is -0.456. The molecule has 1 N–H and O–H groups in total. The van der Waals surface area contributed by atoms with E-state index in [-0.39, 0.29) is 18.5 Å². The van der Waals surface area contributed by atoms with Gasteiger partial charge in [-0.25, -0.2) is 0 Å². The van der Waals surface area contributed by atoms with E-state index >= 15 is 0 Å². The standard InChI is InChI=1S/C11H19NO3/c1-5-9(13)12-7-8-15-10(14)11(3,4)6-2/h5H,1,6-8H2,2-4H3,(H,12,13). The Bertz CT molecular complexity index is 246. The molecule has 0 unspecified atom stereocenters. The summed E-state index contributed by atoms with van der Waals surface area (Å²) in [5, 5.41) is 2.52. The van der Waals surface area contributed by atoms with E-state index in [1.807, 2.05) is 20.8 Å². The van der Waals surface area contributed by atoms with Crippen molar-refractivity contribution >= 4 is 11.9 Å². The van der Waals surface area contributed by atoms with E-state index in [0.29, 0.717) is 6.54 Å². The molecule has 4 nitrogen and oxygen atoms in total. The van der Waals surface area contributed by atoms with E-state index in [2.05, 4.69) is 11.9 Å². The first-order chi connectivity index (χ1) is 6.94. The van der Waals surface area contributed by atoms with Crippen molar-refractivity contribution < 1.29 is 14.3 Å². The topological polar surface area (TPSA) is 55.4 Å². The SMILES string of the molecule is C=CC(=O)NCCOC(=O)C(C)(C)CC. The van der Waals surface area contributed by atoms with E-state index in [1.54, 1.807) is 0 Å². The molecule has 86 valence electrons. The van der Waals surface area contributed by atoms with Gasteiger partial charge in [0.2, 0.25) is 5.91 Å². The lowest BCUT2D eigenvalue weighted by atomic mass is 9.91. The Morgan fingerprint density at radius 1 is 1.47 bits per heavy atom. The molecule has 0 radical (unpaired) electrons. The molecular formula is C11H19NO3. The monoisotopic (exact) mass is 213 g/mol. The van der Waals surface area contributed by atoms with Crippen molar-refractivity contribution in [2.75, 3.05) is 13.2 Å². The summed E-state index contributed by atoms with van der Waals surface area (Å²) >= 11 is 0. The Labute approximate surface area is 90.7 Å². The third kappa shape index (κ3) is 5.20. The minimum absolute atomic E-state index is 0.196. The molecular weight excluding hydrogens is 194 g/mol. The molecule has 4 heteroatoms. The average Bonchev–Trinajstić information content (AvgIpc) is 2.23. The van der Waals surface area contributed by atoms with Crippen molar-refractivity contribution in [2.45, 2.75) is 27.2 Å². The van der Waals surface area contributed by atoms with Gasteiger partial charge in [0.25, 0.3) is 0 Å². The van der Waals surface area contributed by atoms with Gasteiger partial charge >= 0.3 is 5.97 Å². The second-order valence-electron chi connectivity index (χ2n) is 3.87. The van der Waals surface area contributed by atoms with Gasteiger partial charge in [-0.15, -0.1) is 0 Å². The lowest BCUT2D eigenvalue weighted by Gasteiger charge is -2.20. The van der Waals surface area contributed by atoms with Crippen molar-refractivity contribution in [3.05, 3.63) is 12.7 Å². The highest BCUT2D eigenvalue weighted by Crippen LogP contribution is 2.20. The van der Waals surface area contributed by atoms with Crippen molar-refractivity contribution in [3.63, 3.8) is 0 Å². The van der Waals surface area contributed by atoms with Crippen molar-refractivity contribution in [1.82, 2.24) is 5.32 Å². The maximum absolute atomic E-state index is 11.5. The molecule has 0 atom stereocenters. The molecule has 0 heterocycles. The van der Waals surface area contributed by atoms with Crippen LogP contribution in [0.25, 0.3) is 0 Å². The number of esters is 1. The van der Waals surface area contributed by atoms with Gasteiger partial charge in [-0.1, -0.05) is 13.5 Å². The highest BCUT2D eigenvalue weighted by atomic mass is 16.5. The van der Waals surface area contributed by atoms with Crippen LogP contribution in [0, 0.1) is 5.41 Å². The van der Waals surface area contributed by atoms with Gasteiger partial charge in [0.1, 0.15) is 6.61 Å². The lowest BCUT2D eigenvalue weighted by molar-refractivity contribution is -0.154. The zero-order valence-electron chi connectivity index (χ0n) is 9.63. The van der Waals surface area contributed by atoms with Crippen LogP contribution in [0.5, 0.6) is 0 Å². The predicted octanol–water partition coefficient (Wildman–Crippen LogP) is 1.27. The highest BCUT2D eigenvalue weighted by Gasteiger charge is 2.26. The molecule has 0 saturated carbocycles. The molecule has 0 spiro atoms. The fourth-order valence-corrected chi connectivity index (χ4v) is 0.730. The zero-order valence-corrected chi connectivity index (χ0v) is 9.63. The first-order valence-corrected chi connectivity index (χ1v) is 5.01. The number of hydrogen-bond donors (Lipinski definition) is 1. The second kappa shape index (κ2) is 6.22. The van der Waals surface area contributed by atoms with Crippen LogP contribution in [0.2, 0.25) is 0 Å². The number of amides is 1. The van der Waals surface area contributed by atoms with Crippen LogP contribution >= 0.6 is 0 Å². The minimum atomic E-state index is -0.456. The van der Waals surface area contributed by atoms with E-state index in [4.69, 9.17) is 4.74 Å². The van der Waals surface area contributed by atoms with Crippen LogP contribution in [-0.2, 0) is 14.3 Å². The smallest absolute Gasteiger partial charge is 0.311 e. The average molecular weight is 213 g/mol. The van der Waals surface area contributed by atoms with Gasteiger partial charge in [-0.2, -0.15) is 0 Å². The third-order valence-corrected chi connectivity index (χ3v) is 2.26. The molecule has 0 aromatic rings. The predicted molar refractivity (Wildman–Crippen MR) is 58.2 cm³/mol. The molecule has 0 aliphatic carbocycles. The van der Waals surface area contributed by atoms with Crippen LogP contribution in [0.3, 0.4) is 0 Å². The molecule has 1 amide bonds. The molecule has 15 heavy (non-hydrogen) atoms. The van der Waals surface area contributed by atoms with Crippen LogP contribution in [0.4, 0.5) is 0 Å². The number of ether oxygens (including phenoxy) is 1. The highest BCUT2D eigenvalue weighted by molar-refractivity contribution is 5.86. The van der Waals surface area contributed by atoms with Crippen molar-refractivity contribution in [1.29, 1.82) is 0 Å². The minimum Gasteiger partial charge on any atom is -0.463 e. The molecule has 0 aliphatic heterocycles. The Hall–Kier alpha value is -1.32. The van der Waals surface area contributed by atoms with Crippen LogP contribution in [0.1, 0.15) is 27.2 Å². The van der Waals surface area contributed by atoms with Gasteiger partial charge in [-0.3, -0.25) is 9.59 Å². The number of nitrogens with one attached hydrogen (secondary N) is 1. The Morgan fingerprint density at radius 3 is 2.53 bits per heavy atom. The zero-order chi connectivity index (χ0) is 11.9. The largest absolute Gasteiger partial charge is 0.463 e.